The Morgan fingerprint density at radius 3 is 2.23 bits per heavy atom. The normalized spacial score (nSPS) is 14.6. The molecule has 1 aromatic heterocycles. The Kier molecular flexibility index (Phi) is 6.05. The van der Waals surface area contributed by atoms with Crippen LogP contribution in [0, 0.1) is 6.92 Å². The summed E-state index contributed by atoms with van der Waals surface area (Å²) in [7, 11) is 0. The molecule has 0 amide bonds. The van der Waals surface area contributed by atoms with E-state index in [9.17, 15) is 0 Å². The smallest absolute Gasteiger partial charge is 0.129 e. The largest absolute Gasteiger partial charge is 0.489 e. The second-order valence-corrected chi connectivity index (χ2v) is 8.43. The quantitative estimate of drug-likeness (QED) is 0.572. The lowest BCUT2D eigenvalue weighted by atomic mass is 9.78. The lowest BCUT2D eigenvalue weighted by Crippen LogP contribution is -2.36. The summed E-state index contributed by atoms with van der Waals surface area (Å²) in [5, 5.41) is 0. The molecule has 4 rings (SSSR count). The third kappa shape index (κ3) is 4.65. The second-order valence-electron chi connectivity index (χ2n) is 8.43. The highest BCUT2D eigenvalue weighted by Gasteiger charge is 2.22. The molecule has 0 bridgehead atoms. The first-order valence-corrected chi connectivity index (χ1v) is 10.6. The molecule has 1 aliphatic rings. The van der Waals surface area contributed by atoms with Gasteiger partial charge in [0.15, 0.2) is 0 Å². The summed E-state index contributed by atoms with van der Waals surface area (Å²) < 4.78 is 11.5. The summed E-state index contributed by atoms with van der Waals surface area (Å²) in [6, 6.07) is 21.4. The van der Waals surface area contributed by atoms with Crippen LogP contribution in [-0.4, -0.2) is 31.3 Å². The molecule has 4 heteroatoms. The van der Waals surface area contributed by atoms with Crippen molar-refractivity contribution in [3.05, 3.63) is 89.1 Å². The molecule has 3 aromatic rings. The molecule has 0 saturated carbocycles. The summed E-state index contributed by atoms with van der Waals surface area (Å²) in [5.74, 6) is 1.87. The number of aryl methyl sites for hydroxylation is 1. The van der Waals surface area contributed by atoms with Crippen LogP contribution in [0.2, 0.25) is 0 Å². The Hall–Kier alpha value is -2.85. The maximum atomic E-state index is 6.05. The van der Waals surface area contributed by atoms with E-state index in [2.05, 4.69) is 85.3 Å². The van der Waals surface area contributed by atoms with E-state index in [1.807, 2.05) is 12.3 Å². The number of pyridine rings is 1. The second kappa shape index (κ2) is 8.88. The fourth-order valence-corrected chi connectivity index (χ4v) is 3.79. The molecule has 156 valence electrons. The maximum absolute atomic E-state index is 6.05. The molecular formula is C26H30N2O2. The summed E-state index contributed by atoms with van der Waals surface area (Å²) in [4.78, 5) is 6.76. The lowest BCUT2D eigenvalue weighted by Gasteiger charge is -2.28. The zero-order chi connectivity index (χ0) is 21.0. The van der Waals surface area contributed by atoms with Gasteiger partial charge in [0.2, 0.25) is 0 Å². The van der Waals surface area contributed by atoms with Crippen LogP contribution < -0.4 is 9.64 Å². The van der Waals surface area contributed by atoms with E-state index in [-0.39, 0.29) is 5.41 Å². The number of hydrogen-bond acceptors (Lipinski definition) is 4. The molecule has 30 heavy (non-hydrogen) atoms. The molecule has 2 aromatic carbocycles. The van der Waals surface area contributed by atoms with Crippen LogP contribution in [0.5, 0.6) is 5.75 Å². The molecule has 1 saturated heterocycles. The standard InChI is InChI=1S/C26H30N2O2/c1-20-4-6-22(7-5-20)26(2,3)23-8-10-24(11-9-23)30-19-21-12-13-27-25(18-21)28-14-16-29-17-15-28/h4-13,18H,14-17,19H2,1-3H3. The van der Waals surface area contributed by atoms with E-state index in [4.69, 9.17) is 9.47 Å². The maximum Gasteiger partial charge on any atom is 0.129 e. The van der Waals surface area contributed by atoms with Gasteiger partial charge in [-0.1, -0.05) is 55.8 Å². The number of anilines is 1. The molecule has 0 spiro atoms. The van der Waals surface area contributed by atoms with Crippen molar-refractivity contribution < 1.29 is 9.47 Å². The summed E-state index contributed by atoms with van der Waals surface area (Å²) in [5.41, 5.74) is 4.94. The van der Waals surface area contributed by atoms with Gasteiger partial charge in [0.05, 0.1) is 13.2 Å². The first kappa shape index (κ1) is 20.4. The van der Waals surface area contributed by atoms with Crippen molar-refractivity contribution in [3.8, 4) is 5.75 Å². The molecule has 1 aliphatic heterocycles. The highest BCUT2D eigenvalue weighted by molar-refractivity contribution is 5.42. The fourth-order valence-electron chi connectivity index (χ4n) is 3.79. The van der Waals surface area contributed by atoms with Crippen LogP contribution in [0.25, 0.3) is 0 Å². The molecule has 0 N–H and O–H groups in total. The predicted molar refractivity (Wildman–Crippen MR) is 121 cm³/mol. The van der Waals surface area contributed by atoms with Gasteiger partial charge in [0.1, 0.15) is 18.2 Å². The van der Waals surface area contributed by atoms with E-state index in [1.165, 1.54) is 16.7 Å². The van der Waals surface area contributed by atoms with Gasteiger partial charge in [-0.2, -0.15) is 0 Å². The van der Waals surface area contributed by atoms with Crippen LogP contribution in [0.4, 0.5) is 5.82 Å². The van der Waals surface area contributed by atoms with Crippen molar-refractivity contribution in [3.63, 3.8) is 0 Å². The minimum Gasteiger partial charge on any atom is -0.489 e. The van der Waals surface area contributed by atoms with Gasteiger partial charge in [-0.25, -0.2) is 4.98 Å². The van der Waals surface area contributed by atoms with Crippen molar-refractivity contribution >= 4 is 5.82 Å². The van der Waals surface area contributed by atoms with Gasteiger partial charge in [0.25, 0.3) is 0 Å². The Balaban J connectivity index is 1.41. The van der Waals surface area contributed by atoms with Crippen molar-refractivity contribution in [2.75, 3.05) is 31.2 Å². The van der Waals surface area contributed by atoms with Crippen LogP contribution in [-0.2, 0) is 16.8 Å². The Bertz CT molecular complexity index is 959. The summed E-state index contributed by atoms with van der Waals surface area (Å²) in [6.45, 7) is 10.5. The van der Waals surface area contributed by atoms with Gasteiger partial charge in [-0.3, -0.25) is 0 Å². The van der Waals surface area contributed by atoms with Crippen LogP contribution in [0.3, 0.4) is 0 Å². The van der Waals surface area contributed by atoms with Crippen LogP contribution in [0.15, 0.2) is 66.9 Å². The third-order valence-electron chi connectivity index (χ3n) is 5.90. The Labute approximate surface area is 179 Å². The minimum absolute atomic E-state index is 0.0512. The molecule has 0 atom stereocenters. The number of nitrogens with zero attached hydrogens (tertiary/aromatic N) is 2. The lowest BCUT2D eigenvalue weighted by molar-refractivity contribution is 0.122. The topological polar surface area (TPSA) is 34.6 Å². The average molecular weight is 403 g/mol. The molecule has 0 unspecified atom stereocenters. The van der Waals surface area contributed by atoms with Crippen molar-refractivity contribution in [1.82, 2.24) is 4.98 Å². The monoisotopic (exact) mass is 402 g/mol. The highest BCUT2D eigenvalue weighted by Crippen LogP contribution is 2.32. The van der Waals surface area contributed by atoms with Gasteiger partial charge in [0, 0.05) is 24.7 Å². The van der Waals surface area contributed by atoms with Crippen molar-refractivity contribution in [2.24, 2.45) is 0 Å². The Morgan fingerprint density at radius 2 is 1.57 bits per heavy atom. The van der Waals surface area contributed by atoms with Crippen LogP contribution in [0.1, 0.15) is 36.1 Å². The Morgan fingerprint density at radius 1 is 0.933 bits per heavy atom. The molecule has 1 fully saturated rings. The van der Waals surface area contributed by atoms with Gasteiger partial charge >= 0.3 is 0 Å². The van der Waals surface area contributed by atoms with Crippen LogP contribution >= 0.6 is 0 Å². The summed E-state index contributed by atoms with van der Waals surface area (Å²) in [6.07, 6.45) is 1.86. The van der Waals surface area contributed by atoms with E-state index in [0.717, 1.165) is 43.4 Å². The highest BCUT2D eigenvalue weighted by atomic mass is 16.5. The predicted octanol–water partition coefficient (Wildman–Crippen LogP) is 5.13. The van der Waals surface area contributed by atoms with Crippen molar-refractivity contribution in [2.45, 2.75) is 32.8 Å². The molecule has 0 aliphatic carbocycles. The van der Waals surface area contributed by atoms with E-state index >= 15 is 0 Å². The zero-order valence-corrected chi connectivity index (χ0v) is 18.1. The van der Waals surface area contributed by atoms with E-state index in [1.54, 1.807) is 0 Å². The molecule has 4 nitrogen and oxygen atoms in total. The van der Waals surface area contributed by atoms with Crippen molar-refractivity contribution in [1.29, 1.82) is 0 Å². The number of aromatic nitrogens is 1. The number of rotatable bonds is 6. The number of benzene rings is 2. The third-order valence-corrected chi connectivity index (χ3v) is 5.90. The van der Waals surface area contributed by atoms with Gasteiger partial charge < -0.3 is 14.4 Å². The first-order valence-electron chi connectivity index (χ1n) is 10.6. The zero-order valence-electron chi connectivity index (χ0n) is 18.1. The number of hydrogen-bond donors (Lipinski definition) is 0. The average Bonchev–Trinajstić information content (AvgIpc) is 2.79. The van der Waals surface area contributed by atoms with E-state index < -0.39 is 0 Å². The van der Waals surface area contributed by atoms with Gasteiger partial charge in [-0.15, -0.1) is 0 Å². The number of ether oxygens (including phenoxy) is 2. The minimum atomic E-state index is -0.0512. The molecular weight excluding hydrogens is 372 g/mol. The van der Waals surface area contributed by atoms with Gasteiger partial charge in [-0.05, 0) is 47.9 Å². The van der Waals surface area contributed by atoms with E-state index in [0.29, 0.717) is 6.61 Å². The fraction of sp³-hybridized carbons (Fsp3) is 0.346. The molecule has 2 heterocycles. The number of morpholine rings is 1. The SMILES string of the molecule is Cc1ccc(C(C)(C)c2ccc(OCc3ccnc(N4CCOCC4)c3)cc2)cc1. The first-order chi connectivity index (χ1) is 14.5. The summed E-state index contributed by atoms with van der Waals surface area (Å²) >= 11 is 0. The molecule has 0 radical (unpaired) electrons.